The molecule has 2 atom stereocenters. The van der Waals surface area contributed by atoms with Crippen molar-refractivity contribution >= 4 is 11.8 Å². The second kappa shape index (κ2) is 8.75. The minimum atomic E-state index is -2.90. The smallest absolute Gasteiger partial charge is 0.387 e. The summed E-state index contributed by atoms with van der Waals surface area (Å²) in [6.07, 6.45) is 7.45. The minimum Gasteiger partial charge on any atom is -0.434 e. The number of nitrogens with one attached hydrogen (secondary N) is 2. The van der Waals surface area contributed by atoms with Gasteiger partial charge in [0.1, 0.15) is 23.2 Å². The van der Waals surface area contributed by atoms with E-state index < -0.39 is 6.61 Å². The summed E-state index contributed by atoms with van der Waals surface area (Å²) in [5, 5.41) is 16.0. The number of halogens is 2. The van der Waals surface area contributed by atoms with Crippen LogP contribution in [0.1, 0.15) is 43.2 Å². The molecule has 0 spiro atoms. The van der Waals surface area contributed by atoms with Crippen LogP contribution in [0.5, 0.6) is 5.75 Å². The van der Waals surface area contributed by atoms with Crippen LogP contribution in [-0.4, -0.2) is 29.2 Å². The van der Waals surface area contributed by atoms with Crippen molar-refractivity contribution in [2.45, 2.75) is 51.3 Å². The number of alkyl halides is 2. The van der Waals surface area contributed by atoms with Gasteiger partial charge in [-0.05, 0) is 61.3 Å². The van der Waals surface area contributed by atoms with Crippen LogP contribution in [0.15, 0.2) is 30.5 Å². The van der Waals surface area contributed by atoms with Gasteiger partial charge in [-0.25, -0.2) is 4.98 Å². The Kier molecular flexibility index (Phi) is 5.79. The van der Waals surface area contributed by atoms with Gasteiger partial charge < -0.3 is 21.1 Å². The second-order valence-corrected chi connectivity index (χ2v) is 9.81. The van der Waals surface area contributed by atoms with Gasteiger partial charge in [-0.3, -0.25) is 0 Å². The summed E-state index contributed by atoms with van der Waals surface area (Å²) < 4.78 is 29.9. The molecular weight excluding hydrogens is 426 g/mol. The lowest BCUT2D eigenvalue weighted by atomic mass is 9.48. The molecule has 6 rings (SSSR count). The summed E-state index contributed by atoms with van der Waals surface area (Å²) >= 11 is 0. The topological polar surface area (TPSA) is 109 Å². The van der Waals surface area contributed by atoms with Gasteiger partial charge in [0.05, 0.1) is 6.20 Å². The first-order chi connectivity index (χ1) is 15.9. The third-order valence-corrected chi connectivity index (χ3v) is 7.64. The quantitative estimate of drug-likeness (QED) is 0.550. The van der Waals surface area contributed by atoms with Crippen LogP contribution in [-0.2, 0) is 6.54 Å². The predicted molar refractivity (Wildman–Crippen MR) is 120 cm³/mol. The van der Waals surface area contributed by atoms with E-state index in [1.807, 2.05) is 0 Å². The summed E-state index contributed by atoms with van der Waals surface area (Å²) in [5.41, 5.74) is 7.62. The van der Waals surface area contributed by atoms with Crippen molar-refractivity contribution in [1.29, 1.82) is 5.26 Å². The zero-order chi connectivity index (χ0) is 23.0. The molecule has 2 unspecified atom stereocenters. The Bertz CT molecular complexity index is 1040. The molecule has 0 aliphatic heterocycles. The third kappa shape index (κ3) is 4.44. The van der Waals surface area contributed by atoms with Crippen LogP contribution >= 0.6 is 0 Å². The van der Waals surface area contributed by atoms with Gasteiger partial charge in [0, 0.05) is 24.7 Å². The molecule has 0 saturated heterocycles. The molecule has 9 heteroatoms. The van der Waals surface area contributed by atoms with E-state index in [1.165, 1.54) is 31.5 Å². The van der Waals surface area contributed by atoms with Crippen LogP contribution in [0.2, 0.25) is 0 Å². The van der Waals surface area contributed by atoms with Crippen molar-refractivity contribution in [3.63, 3.8) is 0 Å². The monoisotopic (exact) mass is 454 g/mol. The van der Waals surface area contributed by atoms with Crippen LogP contribution in [0.25, 0.3) is 0 Å². The van der Waals surface area contributed by atoms with E-state index in [4.69, 9.17) is 5.73 Å². The highest BCUT2D eigenvalue weighted by Crippen LogP contribution is 2.59. The van der Waals surface area contributed by atoms with Crippen molar-refractivity contribution in [3.05, 3.63) is 41.6 Å². The van der Waals surface area contributed by atoms with E-state index in [1.54, 1.807) is 18.2 Å². The highest BCUT2D eigenvalue weighted by atomic mass is 19.3. The molecule has 4 aliphatic carbocycles. The molecule has 4 saturated carbocycles. The summed E-state index contributed by atoms with van der Waals surface area (Å²) in [7, 11) is 0. The number of aromatic nitrogens is 2. The molecule has 1 aromatic heterocycles. The number of benzene rings is 1. The number of nitrogens with two attached hydrogens (primary N) is 1. The first kappa shape index (κ1) is 21.8. The highest BCUT2D eigenvalue weighted by molar-refractivity contribution is 5.53. The minimum absolute atomic E-state index is 0.104. The van der Waals surface area contributed by atoms with Crippen LogP contribution in [0.3, 0.4) is 0 Å². The molecule has 0 amide bonds. The lowest BCUT2D eigenvalue weighted by Crippen LogP contribution is -2.58. The number of anilines is 2. The van der Waals surface area contributed by atoms with Crippen molar-refractivity contribution in [3.8, 4) is 11.8 Å². The van der Waals surface area contributed by atoms with Crippen molar-refractivity contribution in [1.82, 2.24) is 9.97 Å². The van der Waals surface area contributed by atoms with Crippen LogP contribution in [0, 0.1) is 34.5 Å². The van der Waals surface area contributed by atoms with E-state index >= 15 is 0 Å². The Morgan fingerprint density at radius 1 is 1.18 bits per heavy atom. The Balaban J connectivity index is 1.27. The Morgan fingerprint density at radius 2 is 1.94 bits per heavy atom. The van der Waals surface area contributed by atoms with Crippen molar-refractivity contribution in [2.24, 2.45) is 28.9 Å². The molecule has 2 aromatic rings. The molecule has 0 radical (unpaired) electrons. The fourth-order valence-corrected chi connectivity index (χ4v) is 6.44. The summed E-state index contributed by atoms with van der Waals surface area (Å²) in [5.74, 6) is 2.88. The van der Waals surface area contributed by atoms with E-state index in [0.29, 0.717) is 40.8 Å². The summed E-state index contributed by atoms with van der Waals surface area (Å²) in [6.45, 7) is -1.92. The average molecular weight is 455 g/mol. The van der Waals surface area contributed by atoms with Gasteiger partial charge in [-0.1, -0.05) is 18.2 Å². The molecule has 7 nitrogen and oxygen atoms in total. The predicted octanol–water partition coefficient (Wildman–Crippen LogP) is 4.13. The molecule has 4 aliphatic rings. The normalized spacial score (nSPS) is 29.7. The van der Waals surface area contributed by atoms with Gasteiger partial charge >= 0.3 is 6.61 Å². The van der Waals surface area contributed by atoms with E-state index in [0.717, 1.165) is 25.3 Å². The number of ether oxygens (including phenoxy) is 1. The van der Waals surface area contributed by atoms with E-state index in [-0.39, 0.29) is 17.7 Å². The number of para-hydroxylation sites is 1. The van der Waals surface area contributed by atoms with Gasteiger partial charge in [-0.15, -0.1) is 0 Å². The maximum Gasteiger partial charge on any atom is 0.387 e. The molecule has 4 N–H and O–H groups in total. The second-order valence-electron chi connectivity index (χ2n) is 9.81. The van der Waals surface area contributed by atoms with Gasteiger partial charge in [0.15, 0.2) is 0 Å². The van der Waals surface area contributed by atoms with E-state index in [9.17, 15) is 14.0 Å². The van der Waals surface area contributed by atoms with Gasteiger partial charge in [0.25, 0.3) is 0 Å². The largest absolute Gasteiger partial charge is 0.434 e. The standard InChI is InChI=1S/C24H28F2N6O/c25-22(26)33-19-4-2-1-3-15(19)11-29-23-30-12-18(10-27)21(32-23)31-13-24-7-14-5-16(8-24)20(28)17(6-14)9-24/h1-4,12,14,16-17,20,22H,5-9,11,13,28H2,(H2,29,30,31,32). The van der Waals surface area contributed by atoms with Crippen LogP contribution in [0.4, 0.5) is 20.5 Å². The first-order valence-electron chi connectivity index (χ1n) is 11.5. The highest BCUT2D eigenvalue weighted by Gasteiger charge is 2.54. The number of hydrogen-bond acceptors (Lipinski definition) is 7. The van der Waals surface area contributed by atoms with Crippen molar-refractivity contribution in [2.75, 3.05) is 17.2 Å². The maximum atomic E-state index is 12.7. The first-order valence-corrected chi connectivity index (χ1v) is 11.5. The number of nitrogens with zero attached hydrogens (tertiary/aromatic N) is 3. The average Bonchev–Trinajstić information content (AvgIpc) is 2.80. The Labute approximate surface area is 191 Å². The number of rotatable bonds is 8. The Morgan fingerprint density at radius 3 is 2.67 bits per heavy atom. The van der Waals surface area contributed by atoms with Crippen molar-refractivity contribution < 1.29 is 13.5 Å². The fraction of sp³-hybridized carbons (Fsp3) is 0.542. The molecule has 4 bridgehead atoms. The van der Waals surface area contributed by atoms with Gasteiger partial charge in [0.2, 0.25) is 5.95 Å². The molecular formula is C24H28F2N6O. The lowest BCUT2D eigenvalue weighted by molar-refractivity contribution is -0.0591. The molecule has 1 aromatic carbocycles. The number of nitriles is 1. The molecule has 1 heterocycles. The lowest BCUT2D eigenvalue weighted by Gasteiger charge is -2.59. The zero-order valence-corrected chi connectivity index (χ0v) is 18.3. The Hall–Kier alpha value is -2.99. The van der Waals surface area contributed by atoms with Gasteiger partial charge in [-0.2, -0.15) is 19.0 Å². The van der Waals surface area contributed by atoms with E-state index in [2.05, 4.69) is 31.4 Å². The maximum absolute atomic E-state index is 12.7. The molecule has 174 valence electrons. The fourth-order valence-electron chi connectivity index (χ4n) is 6.44. The summed E-state index contributed by atoms with van der Waals surface area (Å²) in [6, 6.07) is 9.06. The molecule has 4 fully saturated rings. The molecule has 33 heavy (non-hydrogen) atoms. The van der Waals surface area contributed by atoms with Crippen LogP contribution < -0.4 is 21.1 Å². The zero-order valence-electron chi connectivity index (χ0n) is 18.3. The third-order valence-electron chi connectivity index (χ3n) is 7.64. The number of hydrogen-bond donors (Lipinski definition) is 3. The summed E-state index contributed by atoms with van der Waals surface area (Å²) in [4.78, 5) is 8.72. The SMILES string of the molecule is N#Cc1cnc(NCc2ccccc2OC(F)F)nc1NCC12CC3CC(C1)C(N)C(C3)C2.